The highest BCUT2D eigenvalue weighted by Crippen LogP contribution is 2.21. The topological polar surface area (TPSA) is 74.6 Å². The third-order valence-corrected chi connectivity index (χ3v) is 3.80. The van der Waals surface area contributed by atoms with E-state index in [0.717, 1.165) is 23.5 Å². The van der Waals surface area contributed by atoms with Gasteiger partial charge in [0, 0.05) is 34.8 Å². The number of aryl methyl sites for hydroxylation is 1. The Morgan fingerprint density at radius 3 is 2.22 bits per heavy atom. The number of Topliss-reactive ketones (excluding diaryl/α,β-unsaturated/α-hetero) is 1. The first-order valence-corrected chi connectivity index (χ1v) is 8.33. The van der Waals surface area contributed by atoms with Gasteiger partial charge in [0.25, 0.3) is 0 Å². The van der Waals surface area contributed by atoms with Gasteiger partial charge in [0.05, 0.1) is 6.61 Å². The maximum atomic E-state index is 13.1. The van der Waals surface area contributed by atoms with Crippen LogP contribution in [0.15, 0.2) is 42.5 Å². The molecule has 0 atom stereocenters. The van der Waals surface area contributed by atoms with Gasteiger partial charge in [-0.25, -0.2) is 14.0 Å². The van der Waals surface area contributed by atoms with Gasteiger partial charge in [-0.2, -0.15) is 0 Å². The third kappa shape index (κ3) is 5.13. The molecule has 0 radical (unpaired) electrons. The lowest BCUT2D eigenvalue weighted by molar-refractivity contribution is -0.139. The van der Waals surface area contributed by atoms with Gasteiger partial charge in [-0.1, -0.05) is 0 Å². The van der Waals surface area contributed by atoms with E-state index in [2.05, 4.69) is 4.74 Å². The summed E-state index contributed by atoms with van der Waals surface area (Å²) in [6.07, 6.45) is 1.85. The van der Waals surface area contributed by atoms with Crippen LogP contribution in [0.4, 0.5) is 4.39 Å². The van der Waals surface area contributed by atoms with E-state index in [0.29, 0.717) is 11.3 Å². The van der Waals surface area contributed by atoms with Crippen LogP contribution < -0.4 is 0 Å². The molecule has 7 heteroatoms. The van der Waals surface area contributed by atoms with E-state index in [9.17, 15) is 18.8 Å². The summed E-state index contributed by atoms with van der Waals surface area (Å²) in [5, 5.41) is 0. The van der Waals surface area contributed by atoms with Crippen LogP contribution in [0.3, 0.4) is 0 Å². The van der Waals surface area contributed by atoms with E-state index in [1.807, 2.05) is 11.5 Å². The number of esters is 2. The lowest BCUT2D eigenvalue weighted by Gasteiger charge is -2.09. The number of hydrogen-bond acceptors (Lipinski definition) is 5. The number of carbonyl (C=O) groups is 3. The van der Waals surface area contributed by atoms with Crippen LogP contribution in [0.25, 0.3) is 5.69 Å². The molecule has 0 aliphatic carbocycles. The number of hydrogen-bond donors (Lipinski definition) is 0. The standard InChI is InChI=1S/C20H20FNO5/c1-4-26-19(24)9-10-20(25)27-12-18(23)17-11-13(2)22(14(17)3)16-7-5-15(21)6-8-16/h5-11H,4,12H2,1-3H3. The highest BCUT2D eigenvalue weighted by Gasteiger charge is 2.18. The lowest BCUT2D eigenvalue weighted by Crippen LogP contribution is -2.14. The Kier molecular flexibility index (Phi) is 6.65. The number of aromatic nitrogens is 1. The van der Waals surface area contributed by atoms with Gasteiger partial charge in [-0.3, -0.25) is 4.79 Å². The van der Waals surface area contributed by atoms with Crippen molar-refractivity contribution >= 4 is 17.7 Å². The number of halogens is 1. The van der Waals surface area contributed by atoms with E-state index >= 15 is 0 Å². The SMILES string of the molecule is CCOC(=O)C=CC(=O)OCC(=O)c1cc(C)n(-c2ccc(F)cc2)c1C. The summed E-state index contributed by atoms with van der Waals surface area (Å²) >= 11 is 0. The molecule has 0 spiro atoms. The second kappa shape index (κ2) is 8.93. The molecule has 0 saturated carbocycles. The number of carbonyl (C=O) groups excluding carboxylic acids is 3. The highest BCUT2D eigenvalue weighted by atomic mass is 19.1. The normalized spacial score (nSPS) is 10.8. The van der Waals surface area contributed by atoms with Crippen LogP contribution in [0.5, 0.6) is 0 Å². The second-order valence-corrected chi connectivity index (χ2v) is 5.71. The number of ether oxygens (including phenoxy) is 2. The van der Waals surface area contributed by atoms with E-state index in [1.165, 1.54) is 12.1 Å². The van der Waals surface area contributed by atoms with Gasteiger partial charge in [-0.05, 0) is 51.1 Å². The fourth-order valence-corrected chi connectivity index (χ4v) is 2.62. The van der Waals surface area contributed by atoms with Crippen molar-refractivity contribution in [1.82, 2.24) is 4.57 Å². The molecule has 0 fully saturated rings. The predicted octanol–water partition coefficient (Wildman–Crippen LogP) is 3.08. The molecule has 0 N–H and O–H groups in total. The molecule has 0 bridgehead atoms. The molecule has 2 aromatic rings. The fraction of sp³-hybridized carbons (Fsp3) is 0.250. The smallest absolute Gasteiger partial charge is 0.331 e. The van der Waals surface area contributed by atoms with Crippen LogP contribution in [-0.4, -0.2) is 35.5 Å². The minimum Gasteiger partial charge on any atom is -0.463 e. The van der Waals surface area contributed by atoms with Gasteiger partial charge < -0.3 is 14.0 Å². The summed E-state index contributed by atoms with van der Waals surface area (Å²) in [4.78, 5) is 35.1. The van der Waals surface area contributed by atoms with Crippen LogP contribution in [-0.2, 0) is 19.1 Å². The van der Waals surface area contributed by atoms with E-state index in [-0.39, 0.29) is 18.2 Å². The molecule has 0 aliphatic rings. The van der Waals surface area contributed by atoms with Crippen LogP contribution in [0.2, 0.25) is 0 Å². The molecule has 0 aliphatic heterocycles. The van der Waals surface area contributed by atoms with Crippen molar-refractivity contribution in [2.75, 3.05) is 13.2 Å². The number of rotatable bonds is 7. The Balaban J connectivity index is 2.07. The Hall–Kier alpha value is -3.22. The van der Waals surface area contributed by atoms with Crippen LogP contribution in [0.1, 0.15) is 28.7 Å². The number of ketones is 1. The first-order valence-electron chi connectivity index (χ1n) is 8.33. The zero-order valence-corrected chi connectivity index (χ0v) is 15.3. The molecule has 142 valence electrons. The number of nitrogens with zero attached hydrogens (tertiary/aromatic N) is 1. The summed E-state index contributed by atoms with van der Waals surface area (Å²) in [6.45, 7) is 4.96. The molecular formula is C20H20FNO5. The zero-order valence-electron chi connectivity index (χ0n) is 15.3. The van der Waals surface area contributed by atoms with Gasteiger partial charge in [0.2, 0.25) is 5.78 Å². The van der Waals surface area contributed by atoms with Gasteiger partial charge in [-0.15, -0.1) is 0 Å². The van der Waals surface area contributed by atoms with Crippen molar-refractivity contribution in [1.29, 1.82) is 0 Å². The fourth-order valence-electron chi connectivity index (χ4n) is 2.62. The van der Waals surface area contributed by atoms with E-state index in [4.69, 9.17) is 4.74 Å². The minimum atomic E-state index is -0.816. The van der Waals surface area contributed by atoms with Crippen molar-refractivity contribution in [3.8, 4) is 5.69 Å². The van der Waals surface area contributed by atoms with Crippen molar-refractivity contribution in [2.24, 2.45) is 0 Å². The Bertz CT molecular complexity index is 881. The molecule has 1 heterocycles. The first kappa shape index (κ1) is 20.1. The Labute approximate surface area is 156 Å². The van der Waals surface area contributed by atoms with E-state index in [1.54, 1.807) is 32.0 Å². The number of benzene rings is 1. The predicted molar refractivity (Wildman–Crippen MR) is 96.3 cm³/mol. The molecular weight excluding hydrogens is 353 g/mol. The average molecular weight is 373 g/mol. The van der Waals surface area contributed by atoms with Crippen molar-refractivity contribution in [3.05, 3.63) is 65.3 Å². The molecule has 0 amide bonds. The summed E-state index contributed by atoms with van der Waals surface area (Å²) in [6, 6.07) is 7.59. The molecule has 0 saturated heterocycles. The zero-order chi connectivity index (χ0) is 20.0. The minimum absolute atomic E-state index is 0.195. The van der Waals surface area contributed by atoms with Crippen molar-refractivity contribution in [3.63, 3.8) is 0 Å². The second-order valence-electron chi connectivity index (χ2n) is 5.71. The molecule has 1 aromatic heterocycles. The maximum absolute atomic E-state index is 13.1. The molecule has 0 unspecified atom stereocenters. The summed E-state index contributed by atoms with van der Waals surface area (Å²) in [5.74, 6) is -2.21. The van der Waals surface area contributed by atoms with E-state index < -0.39 is 18.5 Å². The monoisotopic (exact) mass is 373 g/mol. The summed E-state index contributed by atoms with van der Waals surface area (Å²) in [7, 11) is 0. The lowest BCUT2D eigenvalue weighted by atomic mass is 10.1. The maximum Gasteiger partial charge on any atom is 0.331 e. The Morgan fingerprint density at radius 2 is 1.63 bits per heavy atom. The van der Waals surface area contributed by atoms with Gasteiger partial charge in [0.15, 0.2) is 6.61 Å². The molecule has 2 rings (SSSR count). The Morgan fingerprint density at radius 1 is 1.04 bits per heavy atom. The van der Waals surface area contributed by atoms with Crippen molar-refractivity contribution in [2.45, 2.75) is 20.8 Å². The van der Waals surface area contributed by atoms with Crippen molar-refractivity contribution < 1.29 is 28.2 Å². The third-order valence-electron chi connectivity index (χ3n) is 3.80. The van der Waals surface area contributed by atoms with Crippen LogP contribution >= 0.6 is 0 Å². The van der Waals surface area contributed by atoms with Gasteiger partial charge in [0.1, 0.15) is 5.82 Å². The molecule has 1 aromatic carbocycles. The molecule has 6 nitrogen and oxygen atoms in total. The average Bonchev–Trinajstić information content (AvgIpc) is 2.93. The molecule has 27 heavy (non-hydrogen) atoms. The van der Waals surface area contributed by atoms with Gasteiger partial charge >= 0.3 is 11.9 Å². The van der Waals surface area contributed by atoms with Crippen LogP contribution in [0, 0.1) is 19.7 Å². The highest BCUT2D eigenvalue weighted by molar-refractivity contribution is 6.00. The largest absolute Gasteiger partial charge is 0.463 e. The first-order chi connectivity index (χ1) is 12.8. The summed E-state index contributed by atoms with van der Waals surface area (Å²) < 4.78 is 24.4. The summed E-state index contributed by atoms with van der Waals surface area (Å²) in [5.41, 5.74) is 2.57. The quantitative estimate of drug-likeness (QED) is 0.424.